The number of amides is 6. The maximum atomic E-state index is 14.0. The molecule has 0 saturated carbocycles. The molecule has 0 spiro atoms. The summed E-state index contributed by atoms with van der Waals surface area (Å²) in [4.78, 5) is 63.2. The maximum Gasteiger partial charge on any atom is 0.317 e. The Bertz CT molecular complexity index is 1520. The molecular formula is C41H67N9O7S. The zero-order valence-electron chi connectivity index (χ0n) is 35.2. The topological polar surface area (TPSA) is 171 Å². The van der Waals surface area contributed by atoms with Crippen LogP contribution in [-0.2, 0) is 32.0 Å². The highest BCUT2D eigenvalue weighted by Gasteiger charge is 2.33. The second-order valence-corrected chi connectivity index (χ2v) is 16.9. The van der Waals surface area contributed by atoms with Gasteiger partial charge in [-0.2, -0.15) is 0 Å². The van der Waals surface area contributed by atoms with Crippen molar-refractivity contribution in [3.63, 3.8) is 0 Å². The summed E-state index contributed by atoms with van der Waals surface area (Å²) in [7, 11) is 3.43. The Kier molecular flexibility index (Phi) is 19.6. The van der Waals surface area contributed by atoms with Gasteiger partial charge in [0.1, 0.15) is 12.1 Å². The summed E-state index contributed by atoms with van der Waals surface area (Å²) in [5.74, 6) is -1.32. The molecule has 2 aromatic rings. The molecule has 16 nitrogen and oxygen atoms in total. The fraction of sp³-hybridized carbons (Fsp3) is 0.659. The molecule has 2 aliphatic rings. The molecular weight excluding hydrogens is 763 g/mol. The fourth-order valence-corrected chi connectivity index (χ4v) is 7.45. The van der Waals surface area contributed by atoms with Crippen LogP contribution in [-0.4, -0.2) is 177 Å². The van der Waals surface area contributed by atoms with Gasteiger partial charge in [0, 0.05) is 77.9 Å². The number of morpholine rings is 2. The number of ether oxygens (including phenoxy) is 2. The smallest absolute Gasteiger partial charge is 0.317 e. The average Bonchev–Trinajstić information content (AvgIpc) is 3.73. The van der Waals surface area contributed by atoms with Crippen molar-refractivity contribution in [1.29, 1.82) is 0 Å². The van der Waals surface area contributed by atoms with E-state index >= 15 is 0 Å². The molecule has 4 atom stereocenters. The maximum absolute atomic E-state index is 14.0. The van der Waals surface area contributed by atoms with Crippen molar-refractivity contribution < 1.29 is 33.8 Å². The Hall–Kier alpha value is -3.84. The van der Waals surface area contributed by atoms with E-state index in [0.717, 1.165) is 36.6 Å². The zero-order valence-corrected chi connectivity index (χ0v) is 36.0. The Morgan fingerprint density at radius 2 is 1.26 bits per heavy atom. The van der Waals surface area contributed by atoms with Crippen molar-refractivity contribution in [2.45, 2.75) is 64.9 Å². The van der Waals surface area contributed by atoms with E-state index in [2.05, 4.69) is 31.2 Å². The number of hydrogen-bond acceptors (Lipinski definition) is 11. The summed E-state index contributed by atoms with van der Waals surface area (Å²) in [6.07, 6.45) is -0.851. The van der Waals surface area contributed by atoms with Gasteiger partial charge >= 0.3 is 12.1 Å². The summed E-state index contributed by atoms with van der Waals surface area (Å²) in [5, 5.41) is 24.4. The molecule has 2 saturated heterocycles. The summed E-state index contributed by atoms with van der Waals surface area (Å²) >= 11 is 1.51. The zero-order chi connectivity index (χ0) is 42.0. The third-order valence-corrected chi connectivity index (χ3v) is 11.4. The van der Waals surface area contributed by atoms with Gasteiger partial charge in [0.25, 0.3) is 5.91 Å². The van der Waals surface area contributed by atoms with E-state index in [1.807, 2.05) is 75.5 Å². The highest BCUT2D eigenvalue weighted by molar-refractivity contribution is 7.09. The van der Waals surface area contributed by atoms with E-state index in [0.29, 0.717) is 59.0 Å². The molecule has 0 aliphatic carbocycles. The predicted molar refractivity (Wildman–Crippen MR) is 225 cm³/mol. The summed E-state index contributed by atoms with van der Waals surface area (Å²) in [6, 6.07) is 10.2. The second kappa shape index (κ2) is 24.3. The first-order valence-electron chi connectivity index (χ1n) is 20.5. The van der Waals surface area contributed by atoms with Crippen LogP contribution in [0.15, 0.2) is 47.8 Å². The fourth-order valence-electron chi connectivity index (χ4n) is 6.73. The normalized spacial score (nSPS) is 17.3. The lowest BCUT2D eigenvalue weighted by Crippen LogP contribution is -2.60. The Balaban J connectivity index is 1.44. The van der Waals surface area contributed by atoms with Gasteiger partial charge in [-0.25, -0.2) is 14.6 Å². The van der Waals surface area contributed by atoms with Crippen molar-refractivity contribution in [1.82, 2.24) is 46.0 Å². The number of carbonyl (C=O) groups is 4. The van der Waals surface area contributed by atoms with E-state index in [9.17, 15) is 24.3 Å². The van der Waals surface area contributed by atoms with Crippen molar-refractivity contribution >= 4 is 35.2 Å². The number of urea groups is 2. The largest absolute Gasteiger partial charge is 0.390 e. The lowest BCUT2D eigenvalue weighted by Gasteiger charge is -2.34. The number of aliphatic hydroxyl groups excluding tert-OH is 1. The van der Waals surface area contributed by atoms with E-state index in [-0.39, 0.29) is 37.0 Å². The number of aliphatic hydroxyl groups is 1. The first kappa shape index (κ1) is 46.8. The SMILES string of the molecule is CC(C)[C@H](NC(=O)N(C)CCN1CCOCC1)C(=O)NC(Cc1ccccc1)C(O)CN(Cc1cccs1)NC(=O)[C@@H](NC(=O)N(C)CCN1CCOCC1)C(C)C. The number of likely N-dealkylation sites (N-methyl/N-ethyl adjacent to an activating group) is 2. The van der Waals surface area contributed by atoms with Crippen LogP contribution in [0.5, 0.6) is 0 Å². The van der Waals surface area contributed by atoms with Gasteiger partial charge in [-0.05, 0) is 35.3 Å². The Morgan fingerprint density at radius 3 is 1.74 bits per heavy atom. The highest BCUT2D eigenvalue weighted by Crippen LogP contribution is 2.15. The number of thiophene rings is 1. The van der Waals surface area contributed by atoms with Crippen molar-refractivity contribution in [2.24, 2.45) is 11.8 Å². The molecule has 17 heteroatoms. The number of benzene rings is 1. The number of carbonyl (C=O) groups excluding carboxylic acids is 4. The molecule has 2 unspecified atom stereocenters. The van der Waals surface area contributed by atoms with Crippen LogP contribution in [0.25, 0.3) is 0 Å². The number of nitrogens with one attached hydrogen (secondary N) is 4. The van der Waals surface area contributed by atoms with E-state index in [1.165, 1.54) is 11.3 Å². The molecule has 1 aromatic carbocycles. The minimum Gasteiger partial charge on any atom is -0.390 e. The number of nitrogens with zero attached hydrogens (tertiary/aromatic N) is 5. The highest BCUT2D eigenvalue weighted by atomic mass is 32.1. The minimum absolute atomic E-state index is 0.0391. The lowest BCUT2D eigenvalue weighted by molar-refractivity contribution is -0.131. The predicted octanol–water partition coefficient (Wildman–Crippen LogP) is 1.67. The van der Waals surface area contributed by atoms with Crippen LogP contribution >= 0.6 is 11.3 Å². The Morgan fingerprint density at radius 1 is 0.741 bits per heavy atom. The second-order valence-electron chi connectivity index (χ2n) is 15.9. The van der Waals surface area contributed by atoms with Crippen molar-refractivity contribution in [3.05, 3.63) is 58.3 Å². The standard InChI is InChI=1S/C41H67N9O7S/c1-30(2)36(43-40(54)46(5)14-16-48-18-22-56-23-19-48)38(52)42-34(27-32-11-8-7-9-12-32)35(51)29-50(28-33-13-10-26-58-33)45-39(53)37(31(3)4)44-41(55)47(6)15-17-49-20-24-57-25-21-49/h7-13,26,30-31,34-37,51H,14-25,27-29H2,1-6H3,(H,42,52)(H,43,54)(H,44,55)(H,45,53)/t34?,35?,36-,37-/m0/s1. The number of hydrogen-bond donors (Lipinski definition) is 5. The monoisotopic (exact) mass is 829 g/mol. The molecule has 324 valence electrons. The van der Waals surface area contributed by atoms with Crippen LogP contribution < -0.4 is 21.4 Å². The van der Waals surface area contributed by atoms with Crippen LogP contribution in [0.2, 0.25) is 0 Å². The van der Waals surface area contributed by atoms with Crippen LogP contribution in [0.1, 0.15) is 38.1 Å². The summed E-state index contributed by atoms with van der Waals surface area (Å²) in [5.41, 5.74) is 3.88. The van der Waals surface area contributed by atoms with Gasteiger partial charge in [-0.15, -0.1) is 11.3 Å². The minimum atomic E-state index is -1.15. The molecule has 2 aliphatic heterocycles. The van der Waals surface area contributed by atoms with Gasteiger partial charge in [-0.1, -0.05) is 64.1 Å². The lowest BCUT2D eigenvalue weighted by atomic mass is 9.98. The number of rotatable bonds is 21. The molecule has 6 amide bonds. The van der Waals surface area contributed by atoms with Gasteiger partial charge in [-0.3, -0.25) is 24.8 Å². The van der Waals surface area contributed by atoms with E-state index in [1.54, 1.807) is 28.9 Å². The van der Waals surface area contributed by atoms with Gasteiger partial charge in [0.05, 0.1) is 45.1 Å². The van der Waals surface area contributed by atoms with Crippen molar-refractivity contribution in [3.8, 4) is 0 Å². The van der Waals surface area contributed by atoms with Crippen LogP contribution in [0.4, 0.5) is 9.59 Å². The molecule has 4 rings (SSSR count). The third kappa shape index (κ3) is 15.7. The van der Waals surface area contributed by atoms with E-state index < -0.39 is 36.0 Å². The van der Waals surface area contributed by atoms with Crippen LogP contribution in [0, 0.1) is 11.8 Å². The summed E-state index contributed by atoms with van der Waals surface area (Å²) < 4.78 is 10.9. The third-order valence-electron chi connectivity index (χ3n) is 10.6. The molecule has 2 fully saturated rings. The first-order chi connectivity index (χ1) is 27.8. The van der Waals surface area contributed by atoms with Gasteiger partial charge in [0.15, 0.2) is 0 Å². The van der Waals surface area contributed by atoms with Gasteiger partial charge in [0.2, 0.25) is 5.91 Å². The molecule has 58 heavy (non-hydrogen) atoms. The van der Waals surface area contributed by atoms with E-state index in [4.69, 9.17) is 9.47 Å². The van der Waals surface area contributed by atoms with Crippen LogP contribution in [0.3, 0.4) is 0 Å². The molecule has 5 N–H and O–H groups in total. The summed E-state index contributed by atoms with van der Waals surface area (Å²) in [6.45, 7) is 16.1. The molecule has 0 radical (unpaired) electrons. The Labute approximate surface area is 348 Å². The first-order valence-corrected chi connectivity index (χ1v) is 21.4. The average molecular weight is 830 g/mol. The number of hydrazine groups is 1. The van der Waals surface area contributed by atoms with Crippen molar-refractivity contribution in [2.75, 3.05) is 99.4 Å². The molecule has 3 heterocycles. The molecule has 1 aromatic heterocycles. The quantitative estimate of drug-likeness (QED) is 0.117. The van der Waals surface area contributed by atoms with Gasteiger partial charge < -0.3 is 40.3 Å². The molecule has 0 bridgehead atoms.